The minimum absolute atomic E-state index is 0.117. The molecule has 0 aromatic heterocycles. The van der Waals surface area contributed by atoms with Crippen molar-refractivity contribution >= 4 is 34.0 Å². The van der Waals surface area contributed by atoms with E-state index >= 15 is 0 Å². The van der Waals surface area contributed by atoms with Crippen molar-refractivity contribution in [1.82, 2.24) is 0 Å². The fraction of sp³-hybridized carbons (Fsp3) is 0.130. The van der Waals surface area contributed by atoms with Crippen LogP contribution in [-0.2, 0) is 28.9 Å². The van der Waals surface area contributed by atoms with E-state index in [1.165, 1.54) is 22.6 Å². The predicted molar refractivity (Wildman–Crippen MR) is 109 cm³/mol. The molecule has 2 amide bonds. The second-order valence-corrected chi connectivity index (χ2v) is 6.69. The summed E-state index contributed by atoms with van der Waals surface area (Å²) in [6.07, 6.45) is 3.50. The maximum absolute atomic E-state index is 12.7. The molecule has 3 aromatic rings. The Balaban J connectivity index is 1.57. The number of amides is 2. The van der Waals surface area contributed by atoms with Gasteiger partial charge in [0, 0.05) is 16.8 Å². The van der Waals surface area contributed by atoms with Crippen LogP contribution in [0.4, 0.5) is 11.4 Å². The standard InChI is InChI=1S/C23H20N2O2/c1-2-21(26)24-19-9-4-3-6-17(19)14-22(27)25-20-13-12-16-11-10-15-7-5-8-18(20)23(15)16/h2-9,12-13H,1,10-11,14H2,(H,24,26)(H,25,27). The van der Waals surface area contributed by atoms with Gasteiger partial charge in [-0.2, -0.15) is 0 Å². The smallest absolute Gasteiger partial charge is 0.247 e. The zero-order chi connectivity index (χ0) is 18.8. The first-order chi connectivity index (χ1) is 13.2. The van der Waals surface area contributed by atoms with Crippen molar-refractivity contribution in [3.8, 4) is 0 Å². The molecule has 0 saturated carbocycles. The van der Waals surface area contributed by atoms with Gasteiger partial charge in [0.05, 0.1) is 6.42 Å². The number of benzene rings is 3. The highest BCUT2D eigenvalue weighted by molar-refractivity contribution is 6.06. The minimum Gasteiger partial charge on any atom is -0.325 e. The Hall–Kier alpha value is -3.40. The lowest BCUT2D eigenvalue weighted by Crippen LogP contribution is -2.17. The van der Waals surface area contributed by atoms with E-state index in [0.29, 0.717) is 5.69 Å². The average Bonchev–Trinajstić information content (AvgIpc) is 3.10. The van der Waals surface area contributed by atoms with Crippen LogP contribution in [0.15, 0.2) is 67.3 Å². The van der Waals surface area contributed by atoms with Crippen molar-refractivity contribution in [2.75, 3.05) is 10.6 Å². The number of anilines is 2. The van der Waals surface area contributed by atoms with Crippen molar-refractivity contribution in [3.05, 3.63) is 83.9 Å². The molecule has 1 aliphatic rings. The van der Waals surface area contributed by atoms with E-state index in [2.05, 4.69) is 35.4 Å². The van der Waals surface area contributed by atoms with Crippen molar-refractivity contribution in [1.29, 1.82) is 0 Å². The SMILES string of the molecule is C=CC(=O)Nc1ccccc1CC(=O)Nc1ccc2c3c(cccc13)CC2. The van der Waals surface area contributed by atoms with E-state index in [1.54, 1.807) is 6.07 Å². The van der Waals surface area contributed by atoms with Crippen LogP contribution in [0.25, 0.3) is 10.8 Å². The van der Waals surface area contributed by atoms with Gasteiger partial charge in [-0.05, 0) is 53.1 Å². The highest BCUT2D eigenvalue weighted by atomic mass is 16.2. The molecule has 0 radical (unpaired) electrons. The molecule has 0 heterocycles. The number of para-hydroxylation sites is 1. The first kappa shape index (κ1) is 17.0. The lowest BCUT2D eigenvalue weighted by Gasteiger charge is -2.12. The van der Waals surface area contributed by atoms with Crippen LogP contribution in [0.3, 0.4) is 0 Å². The van der Waals surface area contributed by atoms with Crippen LogP contribution in [0.5, 0.6) is 0 Å². The third-order valence-electron chi connectivity index (χ3n) is 4.96. The fourth-order valence-electron chi connectivity index (χ4n) is 3.70. The van der Waals surface area contributed by atoms with Crippen molar-refractivity contribution in [2.45, 2.75) is 19.3 Å². The Labute approximate surface area is 157 Å². The molecule has 2 N–H and O–H groups in total. The zero-order valence-corrected chi connectivity index (χ0v) is 14.9. The number of carbonyl (C=O) groups is 2. The highest BCUT2D eigenvalue weighted by Gasteiger charge is 2.17. The van der Waals surface area contributed by atoms with Gasteiger partial charge in [0.25, 0.3) is 0 Å². The Bertz CT molecular complexity index is 1060. The normalized spacial score (nSPS) is 12.0. The largest absolute Gasteiger partial charge is 0.325 e. The van der Waals surface area contributed by atoms with Gasteiger partial charge in [-0.15, -0.1) is 0 Å². The summed E-state index contributed by atoms with van der Waals surface area (Å²) in [6, 6.07) is 17.6. The van der Waals surface area contributed by atoms with E-state index in [0.717, 1.165) is 29.5 Å². The molecule has 0 bridgehead atoms. The Morgan fingerprint density at radius 3 is 2.48 bits per heavy atom. The topological polar surface area (TPSA) is 58.2 Å². The molecule has 0 aliphatic heterocycles. The molecule has 4 heteroatoms. The molecule has 0 fully saturated rings. The van der Waals surface area contributed by atoms with Crippen LogP contribution in [-0.4, -0.2) is 11.8 Å². The van der Waals surface area contributed by atoms with Crippen LogP contribution in [0.1, 0.15) is 16.7 Å². The molecule has 0 unspecified atom stereocenters. The quantitative estimate of drug-likeness (QED) is 0.672. The van der Waals surface area contributed by atoms with Gasteiger partial charge in [-0.1, -0.05) is 49.0 Å². The number of carbonyl (C=O) groups excluding carboxylic acids is 2. The maximum atomic E-state index is 12.7. The first-order valence-corrected chi connectivity index (χ1v) is 9.00. The Morgan fingerprint density at radius 1 is 0.889 bits per heavy atom. The van der Waals surface area contributed by atoms with Gasteiger partial charge >= 0.3 is 0 Å². The van der Waals surface area contributed by atoms with Crippen LogP contribution < -0.4 is 10.6 Å². The monoisotopic (exact) mass is 356 g/mol. The third-order valence-corrected chi connectivity index (χ3v) is 4.96. The van der Waals surface area contributed by atoms with Gasteiger partial charge in [0.15, 0.2) is 0 Å². The molecular weight excluding hydrogens is 336 g/mol. The van der Waals surface area contributed by atoms with Gasteiger partial charge < -0.3 is 10.6 Å². The fourth-order valence-corrected chi connectivity index (χ4v) is 3.70. The van der Waals surface area contributed by atoms with Crippen LogP contribution in [0.2, 0.25) is 0 Å². The molecule has 27 heavy (non-hydrogen) atoms. The first-order valence-electron chi connectivity index (χ1n) is 9.00. The van der Waals surface area contributed by atoms with Crippen LogP contribution >= 0.6 is 0 Å². The summed E-state index contributed by atoms with van der Waals surface area (Å²) in [5, 5.41) is 8.14. The lowest BCUT2D eigenvalue weighted by molar-refractivity contribution is -0.115. The van der Waals surface area contributed by atoms with Gasteiger partial charge in [0.1, 0.15) is 0 Å². The van der Waals surface area contributed by atoms with Gasteiger partial charge in [-0.3, -0.25) is 9.59 Å². The number of rotatable bonds is 5. The second-order valence-electron chi connectivity index (χ2n) is 6.69. The molecule has 0 saturated heterocycles. The summed E-state index contributed by atoms with van der Waals surface area (Å²) >= 11 is 0. The number of hydrogen-bond donors (Lipinski definition) is 2. The number of nitrogens with one attached hydrogen (secondary N) is 2. The minimum atomic E-state index is -0.296. The van der Waals surface area contributed by atoms with Gasteiger partial charge in [0.2, 0.25) is 11.8 Å². The van der Waals surface area contributed by atoms with E-state index < -0.39 is 0 Å². The summed E-state index contributed by atoms with van der Waals surface area (Å²) in [4.78, 5) is 24.3. The lowest BCUT2D eigenvalue weighted by atomic mass is 10.0. The summed E-state index contributed by atoms with van der Waals surface area (Å²) in [5.41, 5.74) is 4.90. The van der Waals surface area contributed by atoms with Crippen molar-refractivity contribution < 1.29 is 9.59 Å². The summed E-state index contributed by atoms with van der Waals surface area (Å²) in [7, 11) is 0. The summed E-state index contributed by atoms with van der Waals surface area (Å²) in [6.45, 7) is 3.46. The third kappa shape index (κ3) is 3.34. The Kier molecular flexibility index (Phi) is 4.47. The molecule has 4 rings (SSSR count). The molecule has 4 nitrogen and oxygen atoms in total. The van der Waals surface area contributed by atoms with E-state index in [1.807, 2.05) is 30.3 Å². The van der Waals surface area contributed by atoms with Crippen LogP contribution in [0, 0.1) is 0 Å². The average molecular weight is 356 g/mol. The number of aryl methyl sites for hydroxylation is 2. The van der Waals surface area contributed by atoms with Crippen molar-refractivity contribution in [3.63, 3.8) is 0 Å². The van der Waals surface area contributed by atoms with E-state index in [-0.39, 0.29) is 18.2 Å². The highest BCUT2D eigenvalue weighted by Crippen LogP contribution is 2.35. The zero-order valence-electron chi connectivity index (χ0n) is 14.9. The van der Waals surface area contributed by atoms with E-state index in [4.69, 9.17) is 0 Å². The second kappa shape index (κ2) is 7.08. The molecule has 1 aliphatic carbocycles. The molecule has 134 valence electrons. The maximum Gasteiger partial charge on any atom is 0.247 e. The Morgan fingerprint density at radius 2 is 1.67 bits per heavy atom. The molecule has 3 aromatic carbocycles. The van der Waals surface area contributed by atoms with E-state index in [9.17, 15) is 9.59 Å². The molecule has 0 atom stereocenters. The van der Waals surface area contributed by atoms with Crippen molar-refractivity contribution in [2.24, 2.45) is 0 Å². The van der Waals surface area contributed by atoms with Gasteiger partial charge in [-0.25, -0.2) is 0 Å². The number of hydrogen-bond acceptors (Lipinski definition) is 2. The predicted octanol–water partition coefficient (Wildman–Crippen LogP) is 4.24. The summed E-state index contributed by atoms with van der Waals surface area (Å²) in [5.74, 6) is -0.413. The molecular formula is C23H20N2O2. The molecule has 0 spiro atoms. The summed E-state index contributed by atoms with van der Waals surface area (Å²) < 4.78 is 0.